The van der Waals surface area contributed by atoms with Crippen molar-refractivity contribution in [1.29, 1.82) is 0 Å². The highest BCUT2D eigenvalue weighted by molar-refractivity contribution is 5.81. The smallest absolute Gasteiger partial charge is 0.165 e. The maximum absolute atomic E-state index is 11.0. The van der Waals surface area contributed by atoms with Crippen LogP contribution in [0.15, 0.2) is 25.0 Å². The van der Waals surface area contributed by atoms with Gasteiger partial charge in [0.15, 0.2) is 11.5 Å². The number of hydrogen-bond acceptors (Lipinski definition) is 7. The number of fused-ring (bicyclic) bond motifs is 1. The number of nitrogens with zero attached hydrogens (tertiary/aromatic N) is 6. The van der Waals surface area contributed by atoms with Crippen LogP contribution in [0.25, 0.3) is 11.2 Å². The normalized spacial score (nSPS) is 25.3. The van der Waals surface area contributed by atoms with Crippen LogP contribution in [0.2, 0.25) is 0 Å². The molecule has 3 aromatic heterocycles. The Morgan fingerprint density at radius 1 is 1.38 bits per heavy atom. The van der Waals surface area contributed by atoms with Gasteiger partial charge in [-0.1, -0.05) is 0 Å². The van der Waals surface area contributed by atoms with Crippen LogP contribution >= 0.6 is 0 Å². The van der Waals surface area contributed by atoms with E-state index in [4.69, 9.17) is 5.73 Å². The van der Waals surface area contributed by atoms with E-state index in [0.29, 0.717) is 30.1 Å². The molecule has 24 heavy (non-hydrogen) atoms. The second kappa shape index (κ2) is 5.53. The lowest BCUT2D eigenvalue weighted by Gasteiger charge is -2.43. The SMILES string of the molecule is C[C@@]1(O)CN(Cc2ncc[nH]2)CC[C@H]1n1cnc2c(N)ncnc21. The first-order valence-corrected chi connectivity index (χ1v) is 7.90. The number of hydrogen-bond donors (Lipinski definition) is 3. The molecule has 1 aliphatic heterocycles. The predicted molar refractivity (Wildman–Crippen MR) is 87.9 cm³/mol. The van der Waals surface area contributed by atoms with Gasteiger partial charge in [-0.3, -0.25) is 4.90 Å². The van der Waals surface area contributed by atoms with Crippen LogP contribution in [0.3, 0.4) is 0 Å². The molecule has 0 bridgehead atoms. The highest BCUT2D eigenvalue weighted by Gasteiger charge is 2.40. The maximum Gasteiger partial charge on any atom is 0.165 e. The molecule has 4 heterocycles. The number of nitrogen functional groups attached to an aromatic ring is 1. The lowest BCUT2D eigenvalue weighted by atomic mass is 9.89. The maximum atomic E-state index is 11.0. The molecule has 4 N–H and O–H groups in total. The third kappa shape index (κ3) is 2.51. The lowest BCUT2D eigenvalue weighted by molar-refractivity contribution is -0.0584. The summed E-state index contributed by atoms with van der Waals surface area (Å²) in [6, 6.07) is -0.121. The van der Waals surface area contributed by atoms with E-state index in [0.717, 1.165) is 18.8 Å². The number of rotatable bonds is 3. The van der Waals surface area contributed by atoms with Gasteiger partial charge in [0.1, 0.15) is 17.7 Å². The minimum atomic E-state index is -0.918. The Morgan fingerprint density at radius 2 is 2.25 bits per heavy atom. The predicted octanol–water partition coefficient (Wildman–Crippen LogP) is 0.330. The molecule has 0 aliphatic carbocycles. The fraction of sp³-hybridized carbons (Fsp3) is 0.467. The zero-order chi connectivity index (χ0) is 16.7. The van der Waals surface area contributed by atoms with Gasteiger partial charge >= 0.3 is 0 Å². The van der Waals surface area contributed by atoms with Gasteiger partial charge in [-0.25, -0.2) is 19.9 Å². The van der Waals surface area contributed by atoms with E-state index in [2.05, 4.69) is 29.8 Å². The quantitative estimate of drug-likeness (QED) is 0.633. The number of aromatic amines is 1. The largest absolute Gasteiger partial charge is 0.387 e. The van der Waals surface area contributed by atoms with Gasteiger partial charge in [0.25, 0.3) is 0 Å². The van der Waals surface area contributed by atoms with Gasteiger partial charge in [-0.2, -0.15) is 0 Å². The number of aliphatic hydroxyl groups is 1. The van der Waals surface area contributed by atoms with E-state index in [1.807, 2.05) is 17.7 Å². The molecule has 4 rings (SSSR count). The number of piperidine rings is 1. The molecule has 0 radical (unpaired) electrons. The van der Waals surface area contributed by atoms with E-state index in [1.54, 1.807) is 12.5 Å². The summed E-state index contributed by atoms with van der Waals surface area (Å²) in [5.41, 5.74) is 6.17. The van der Waals surface area contributed by atoms with E-state index in [9.17, 15) is 5.11 Å². The van der Waals surface area contributed by atoms with E-state index in [1.165, 1.54) is 6.33 Å². The number of H-pyrrole nitrogens is 1. The topological polar surface area (TPSA) is 122 Å². The van der Waals surface area contributed by atoms with Crippen LogP contribution in [0.5, 0.6) is 0 Å². The monoisotopic (exact) mass is 328 g/mol. The standard InChI is InChI=1S/C15H20N8O/c1-15(24)7-22(6-11-17-3-4-18-11)5-2-10(15)23-9-21-12-13(16)19-8-20-14(12)23/h3-4,8-10,24H,2,5-7H2,1H3,(H,17,18)(H2,16,19,20)/t10-,15-/m1/s1. The third-order valence-electron chi connectivity index (χ3n) is 4.63. The van der Waals surface area contributed by atoms with Gasteiger partial charge in [0.2, 0.25) is 0 Å². The Kier molecular flexibility index (Phi) is 3.47. The molecule has 0 spiro atoms. The van der Waals surface area contributed by atoms with Crippen LogP contribution in [0, 0.1) is 0 Å². The number of anilines is 1. The highest BCUT2D eigenvalue weighted by atomic mass is 16.3. The van der Waals surface area contributed by atoms with Crippen molar-refractivity contribution in [3.05, 3.63) is 30.9 Å². The number of nitrogens with two attached hydrogens (primary N) is 1. The van der Waals surface area contributed by atoms with E-state index < -0.39 is 5.60 Å². The summed E-state index contributed by atoms with van der Waals surface area (Å²) in [5.74, 6) is 1.26. The van der Waals surface area contributed by atoms with E-state index in [-0.39, 0.29) is 6.04 Å². The van der Waals surface area contributed by atoms with Crippen molar-refractivity contribution in [1.82, 2.24) is 34.4 Å². The summed E-state index contributed by atoms with van der Waals surface area (Å²) in [6.45, 7) is 3.93. The molecule has 1 aliphatic rings. The van der Waals surface area contributed by atoms with Crippen molar-refractivity contribution in [3.8, 4) is 0 Å². The van der Waals surface area contributed by atoms with Crippen molar-refractivity contribution in [2.24, 2.45) is 0 Å². The second-order valence-electron chi connectivity index (χ2n) is 6.49. The number of nitrogens with one attached hydrogen (secondary N) is 1. The average molecular weight is 328 g/mol. The number of aromatic nitrogens is 6. The summed E-state index contributed by atoms with van der Waals surface area (Å²) in [6.07, 6.45) is 7.45. The molecule has 0 saturated carbocycles. The molecule has 3 aromatic rings. The van der Waals surface area contributed by atoms with Gasteiger partial charge in [-0.05, 0) is 13.3 Å². The molecule has 9 heteroatoms. The number of β-amino-alcohol motifs (C(OH)–C–C–N with tert-alkyl or cyclic N) is 1. The second-order valence-corrected chi connectivity index (χ2v) is 6.49. The lowest BCUT2D eigenvalue weighted by Crippen LogP contribution is -2.52. The first kappa shape index (κ1) is 15.0. The average Bonchev–Trinajstić information content (AvgIpc) is 3.17. The molecule has 1 saturated heterocycles. The van der Waals surface area contributed by atoms with Gasteiger partial charge in [0.05, 0.1) is 24.5 Å². The van der Waals surface area contributed by atoms with Crippen molar-refractivity contribution in [3.63, 3.8) is 0 Å². The molecule has 0 aromatic carbocycles. The summed E-state index contributed by atoms with van der Waals surface area (Å²) < 4.78 is 1.91. The zero-order valence-electron chi connectivity index (χ0n) is 13.4. The van der Waals surface area contributed by atoms with Crippen LogP contribution in [0.1, 0.15) is 25.2 Å². The molecule has 1 fully saturated rings. The first-order valence-electron chi connectivity index (χ1n) is 7.90. The Labute approximate surface area is 138 Å². The fourth-order valence-electron chi connectivity index (χ4n) is 3.52. The summed E-state index contributed by atoms with van der Waals surface area (Å²) in [4.78, 5) is 22.1. The number of imidazole rings is 2. The van der Waals surface area contributed by atoms with Gasteiger partial charge in [-0.15, -0.1) is 0 Å². The van der Waals surface area contributed by atoms with Crippen LogP contribution in [0.4, 0.5) is 5.82 Å². The van der Waals surface area contributed by atoms with Crippen molar-refractivity contribution in [2.45, 2.75) is 31.5 Å². The third-order valence-corrected chi connectivity index (χ3v) is 4.63. The van der Waals surface area contributed by atoms with Crippen molar-refractivity contribution < 1.29 is 5.11 Å². The molecule has 9 nitrogen and oxygen atoms in total. The highest BCUT2D eigenvalue weighted by Crippen LogP contribution is 2.34. The van der Waals surface area contributed by atoms with Crippen LogP contribution in [-0.4, -0.2) is 58.2 Å². The van der Waals surface area contributed by atoms with Gasteiger partial charge < -0.3 is 20.4 Å². The molecule has 0 unspecified atom stereocenters. The van der Waals surface area contributed by atoms with Gasteiger partial charge in [0, 0.05) is 25.5 Å². The minimum absolute atomic E-state index is 0.121. The Balaban J connectivity index is 1.59. The Hall–Kier alpha value is -2.52. The summed E-state index contributed by atoms with van der Waals surface area (Å²) in [7, 11) is 0. The van der Waals surface area contributed by atoms with E-state index >= 15 is 0 Å². The van der Waals surface area contributed by atoms with Crippen molar-refractivity contribution >= 4 is 17.0 Å². The summed E-state index contributed by atoms with van der Waals surface area (Å²) in [5, 5.41) is 11.0. The Morgan fingerprint density at radius 3 is 3.00 bits per heavy atom. The molecular weight excluding hydrogens is 308 g/mol. The Bertz CT molecular complexity index is 840. The molecule has 0 amide bonds. The fourth-order valence-corrected chi connectivity index (χ4v) is 3.52. The minimum Gasteiger partial charge on any atom is -0.387 e. The number of likely N-dealkylation sites (tertiary alicyclic amines) is 1. The zero-order valence-corrected chi connectivity index (χ0v) is 13.4. The molecule has 126 valence electrons. The molecular formula is C15H20N8O. The first-order chi connectivity index (χ1) is 11.5. The van der Waals surface area contributed by atoms with Crippen LogP contribution in [-0.2, 0) is 6.54 Å². The van der Waals surface area contributed by atoms with Crippen LogP contribution < -0.4 is 5.73 Å². The van der Waals surface area contributed by atoms with Crippen molar-refractivity contribution in [2.75, 3.05) is 18.8 Å². The molecule has 2 atom stereocenters. The summed E-state index contributed by atoms with van der Waals surface area (Å²) >= 11 is 0.